The smallest absolute Gasteiger partial charge is 0.327 e. The third-order valence-corrected chi connectivity index (χ3v) is 2.49. The summed E-state index contributed by atoms with van der Waals surface area (Å²) in [5.41, 5.74) is 5.58. The molecule has 4 atom stereocenters. The Balaban J connectivity index is 2.81. The van der Waals surface area contributed by atoms with Crippen LogP contribution in [0, 0.1) is 5.92 Å². The first-order valence-corrected chi connectivity index (χ1v) is 5.08. The van der Waals surface area contributed by atoms with Gasteiger partial charge in [-0.15, -0.1) is 0 Å². The van der Waals surface area contributed by atoms with Crippen LogP contribution in [0.1, 0.15) is 27.2 Å². The topological polar surface area (TPSA) is 78.6 Å². The molecule has 1 fully saturated rings. The van der Waals surface area contributed by atoms with Crippen molar-refractivity contribution < 1.29 is 19.1 Å². The summed E-state index contributed by atoms with van der Waals surface area (Å²) < 4.78 is 10.1. The van der Waals surface area contributed by atoms with Crippen molar-refractivity contribution in [3.05, 3.63) is 0 Å². The molecule has 1 aliphatic rings. The Kier molecular flexibility index (Phi) is 3.68. The molecule has 2 N–H and O–H groups in total. The van der Waals surface area contributed by atoms with E-state index in [0.29, 0.717) is 6.42 Å². The zero-order chi connectivity index (χ0) is 11.6. The van der Waals surface area contributed by atoms with E-state index in [1.165, 1.54) is 0 Å². The molecule has 0 amide bonds. The second-order valence-electron chi connectivity index (χ2n) is 4.05. The molecule has 1 heterocycles. The molecule has 5 heteroatoms. The first-order chi connectivity index (χ1) is 6.91. The number of nitrogens with two attached hydrogens (primary N) is 1. The molecule has 15 heavy (non-hydrogen) atoms. The maximum absolute atomic E-state index is 11.5. The van der Waals surface area contributed by atoms with Gasteiger partial charge in [0.25, 0.3) is 0 Å². The van der Waals surface area contributed by atoms with Crippen molar-refractivity contribution in [1.82, 2.24) is 0 Å². The number of rotatable bonds is 0. The molecular weight excluding hydrogens is 198 g/mol. The van der Waals surface area contributed by atoms with Crippen LogP contribution in [-0.4, -0.2) is 30.2 Å². The number of cyclic esters (lactones) is 2. The lowest BCUT2D eigenvalue weighted by molar-refractivity contribution is -0.156. The summed E-state index contributed by atoms with van der Waals surface area (Å²) in [5, 5.41) is 0. The molecule has 1 saturated heterocycles. The number of ether oxygens (including phenoxy) is 2. The van der Waals surface area contributed by atoms with Crippen molar-refractivity contribution in [1.29, 1.82) is 0 Å². The van der Waals surface area contributed by atoms with Gasteiger partial charge in [-0.05, 0) is 20.3 Å². The minimum atomic E-state index is -0.901. The highest BCUT2D eigenvalue weighted by atomic mass is 16.6. The molecule has 0 unspecified atom stereocenters. The van der Waals surface area contributed by atoms with Gasteiger partial charge in [0, 0.05) is 0 Å². The van der Waals surface area contributed by atoms with Gasteiger partial charge in [-0.1, -0.05) is 6.92 Å². The Labute approximate surface area is 88.9 Å². The summed E-state index contributed by atoms with van der Waals surface area (Å²) >= 11 is 0. The van der Waals surface area contributed by atoms with E-state index in [2.05, 4.69) is 0 Å². The van der Waals surface area contributed by atoms with Crippen LogP contribution < -0.4 is 5.73 Å². The maximum Gasteiger partial charge on any atom is 0.327 e. The van der Waals surface area contributed by atoms with Crippen LogP contribution in [0.5, 0.6) is 0 Å². The lowest BCUT2D eigenvalue weighted by atomic mass is 10.1. The van der Waals surface area contributed by atoms with E-state index in [9.17, 15) is 9.59 Å². The van der Waals surface area contributed by atoms with Crippen LogP contribution in [-0.2, 0) is 19.1 Å². The molecule has 0 aromatic carbocycles. The van der Waals surface area contributed by atoms with E-state index < -0.39 is 18.1 Å². The number of carbonyl (C=O) groups excluding carboxylic acids is 2. The summed E-state index contributed by atoms with van der Waals surface area (Å²) in [7, 11) is 0. The Morgan fingerprint density at radius 2 is 1.73 bits per heavy atom. The minimum absolute atomic E-state index is 0.277. The molecule has 0 aromatic heterocycles. The van der Waals surface area contributed by atoms with Crippen LogP contribution in [0.4, 0.5) is 0 Å². The standard InChI is InChI=1S/C10H17NO4/c1-5-4-6(2)14-10(13)8(11)7(3)15-9(5)12/h5-8H,4,11H2,1-3H3/t5-,6+,7-,8-/m1/s1. The van der Waals surface area contributed by atoms with Gasteiger partial charge in [0.05, 0.1) is 12.0 Å². The van der Waals surface area contributed by atoms with Crippen molar-refractivity contribution in [2.45, 2.75) is 45.4 Å². The molecule has 0 saturated carbocycles. The second kappa shape index (κ2) is 4.61. The fraction of sp³-hybridized carbons (Fsp3) is 0.800. The van der Waals surface area contributed by atoms with Gasteiger partial charge in [0.1, 0.15) is 12.1 Å². The van der Waals surface area contributed by atoms with E-state index in [-0.39, 0.29) is 18.0 Å². The summed E-state index contributed by atoms with van der Waals surface area (Å²) in [5.74, 6) is -1.12. The van der Waals surface area contributed by atoms with Crippen LogP contribution in [0.25, 0.3) is 0 Å². The van der Waals surface area contributed by atoms with Crippen LogP contribution in [0.3, 0.4) is 0 Å². The van der Waals surface area contributed by atoms with Crippen LogP contribution in [0.2, 0.25) is 0 Å². The van der Waals surface area contributed by atoms with Crippen molar-refractivity contribution in [3.63, 3.8) is 0 Å². The fourth-order valence-electron chi connectivity index (χ4n) is 1.48. The number of carbonyl (C=O) groups is 2. The van der Waals surface area contributed by atoms with Crippen molar-refractivity contribution in [3.8, 4) is 0 Å². The largest absolute Gasteiger partial charge is 0.461 e. The Morgan fingerprint density at radius 3 is 2.33 bits per heavy atom. The predicted molar refractivity (Wildman–Crippen MR) is 52.9 cm³/mol. The predicted octanol–water partition coefficient (Wildman–Crippen LogP) is 0.217. The molecule has 5 nitrogen and oxygen atoms in total. The monoisotopic (exact) mass is 215 g/mol. The summed E-state index contributed by atoms with van der Waals surface area (Å²) in [6, 6.07) is -0.901. The average Bonchev–Trinajstić information content (AvgIpc) is 2.16. The van der Waals surface area contributed by atoms with Gasteiger partial charge >= 0.3 is 11.9 Å². The van der Waals surface area contributed by atoms with Crippen molar-refractivity contribution in [2.75, 3.05) is 0 Å². The number of hydrogen-bond acceptors (Lipinski definition) is 5. The third kappa shape index (κ3) is 2.92. The van der Waals surface area contributed by atoms with Crippen LogP contribution >= 0.6 is 0 Å². The highest BCUT2D eigenvalue weighted by Gasteiger charge is 2.31. The molecule has 0 aromatic rings. The third-order valence-electron chi connectivity index (χ3n) is 2.49. The minimum Gasteiger partial charge on any atom is -0.461 e. The zero-order valence-electron chi connectivity index (χ0n) is 9.23. The van der Waals surface area contributed by atoms with E-state index in [1.54, 1.807) is 20.8 Å². The highest BCUT2D eigenvalue weighted by Crippen LogP contribution is 2.16. The average molecular weight is 215 g/mol. The highest BCUT2D eigenvalue weighted by molar-refractivity contribution is 5.78. The number of hydrogen-bond donors (Lipinski definition) is 1. The first-order valence-electron chi connectivity index (χ1n) is 5.08. The molecule has 0 bridgehead atoms. The molecule has 86 valence electrons. The van der Waals surface area contributed by atoms with E-state index >= 15 is 0 Å². The summed E-state index contributed by atoms with van der Waals surface area (Å²) in [4.78, 5) is 22.9. The SMILES string of the molecule is C[C@@H]1C[C@H](C)OC(=O)[C@H](N)[C@@H](C)OC1=O. The van der Waals surface area contributed by atoms with Crippen LogP contribution in [0.15, 0.2) is 0 Å². The molecule has 0 radical (unpaired) electrons. The second-order valence-corrected chi connectivity index (χ2v) is 4.05. The van der Waals surface area contributed by atoms with Gasteiger partial charge in [-0.2, -0.15) is 0 Å². The first kappa shape index (κ1) is 12.0. The Hall–Kier alpha value is -1.10. The van der Waals surface area contributed by atoms with Gasteiger partial charge < -0.3 is 15.2 Å². The van der Waals surface area contributed by atoms with E-state index in [1.807, 2.05) is 0 Å². The van der Waals surface area contributed by atoms with Gasteiger partial charge in [0.15, 0.2) is 0 Å². The molecule has 0 aliphatic carbocycles. The van der Waals surface area contributed by atoms with Gasteiger partial charge in [-0.25, -0.2) is 0 Å². The molecule has 1 rings (SSSR count). The zero-order valence-corrected chi connectivity index (χ0v) is 9.23. The maximum atomic E-state index is 11.5. The fourth-order valence-corrected chi connectivity index (χ4v) is 1.48. The van der Waals surface area contributed by atoms with E-state index in [0.717, 1.165) is 0 Å². The summed E-state index contributed by atoms with van der Waals surface area (Å²) in [6.07, 6.45) is -0.488. The van der Waals surface area contributed by atoms with Gasteiger partial charge in [0.2, 0.25) is 0 Å². The van der Waals surface area contributed by atoms with E-state index in [4.69, 9.17) is 15.2 Å². The van der Waals surface area contributed by atoms with Gasteiger partial charge in [-0.3, -0.25) is 9.59 Å². The van der Waals surface area contributed by atoms with Crippen molar-refractivity contribution in [2.24, 2.45) is 11.7 Å². The quantitative estimate of drug-likeness (QED) is 0.585. The normalized spacial score (nSPS) is 38.4. The summed E-state index contributed by atoms with van der Waals surface area (Å²) in [6.45, 7) is 5.08. The number of esters is 2. The Bertz CT molecular complexity index is 266. The Morgan fingerprint density at radius 1 is 1.13 bits per heavy atom. The lowest BCUT2D eigenvalue weighted by Gasteiger charge is -2.18. The molecule has 0 spiro atoms. The lowest BCUT2D eigenvalue weighted by Crippen LogP contribution is -2.43. The van der Waals surface area contributed by atoms with Crippen molar-refractivity contribution >= 4 is 11.9 Å². The molecule has 1 aliphatic heterocycles. The molecular formula is C10H17NO4.